The topological polar surface area (TPSA) is 61.8 Å². The van der Waals surface area contributed by atoms with Crippen molar-refractivity contribution in [1.29, 1.82) is 0 Å². The van der Waals surface area contributed by atoms with Crippen LogP contribution in [0.25, 0.3) is 0 Å². The third kappa shape index (κ3) is 6.92. The predicted molar refractivity (Wildman–Crippen MR) is 131 cm³/mol. The zero-order valence-electron chi connectivity index (χ0n) is 17.1. The maximum Gasteiger partial charge on any atom is 0.191 e. The molecule has 1 atom stereocenters. The Kier molecular flexibility index (Phi) is 9.29. The lowest BCUT2D eigenvalue weighted by atomic mass is 10.2. The second kappa shape index (κ2) is 11.4. The third-order valence-electron chi connectivity index (χ3n) is 4.55. The van der Waals surface area contributed by atoms with Gasteiger partial charge >= 0.3 is 0 Å². The van der Waals surface area contributed by atoms with Crippen LogP contribution in [-0.2, 0) is 6.54 Å². The van der Waals surface area contributed by atoms with E-state index in [-0.39, 0.29) is 30.1 Å². The largest absolute Gasteiger partial charge is 0.491 e. The molecule has 0 radical (unpaired) electrons. The number of benzene rings is 1. The quantitative estimate of drug-likeness (QED) is 0.335. The standard InChI is InChI=1S/C21H28ClN5O.HI/c1-15(2)28-18-8-6-16(7-9-18)13-25-21(23-3)26-17-10-12-27(14-17)20-19(22)5-4-11-24-20;/h4-9,11,15,17H,10,12-14H2,1-3H3,(H2,23,25,26);1H. The van der Waals surface area contributed by atoms with Crippen molar-refractivity contribution in [3.63, 3.8) is 0 Å². The van der Waals surface area contributed by atoms with E-state index >= 15 is 0 Å². The van der Waals surface area contributed by atoms with Crippen molar-refractivity contribution in [2.24, 2.45) is 4.99 Å². The fourth-order valence-electron chi connectivity index (χ4n) is 3.21. The molecular formula is C21H29ClIN5O. The molecule has 1 saturated heterocycles. The van der Waals surface area contributed by atoms with Crippen molar-refractivity contribution < 1.29 is 4.74 Å². The number of rotatable bonds is 6. The zero-order valence-corrected chi connectivity index (χ0v) is 20.1. The molecule has 158 valence electrons. The van der Waals surface area contributed by atoms with Gasteiger partial charge in [-0.25, -0.2) is 4.98 Å². The summed E-state index contributed by atoms with van der Waals surface area (Å²) in [7, 11) is 1.79. The molecule has 2 N–H and O–H groups in total. The summed E-state index contributed by atoms with van der Waals surface area (Å²) in [5.74, 6) is 2.53. The number of aromatic nitrogens is 1. The smallest absolute Gasteiger partial charge is 0.191 e. The molecule has 0 saturated carbocycles. The summed E-state index contributed by atoms with van der Waals surface area (Å²) in [4.78, 5) is 11.0. The number of hydrogen-bond donors (Lipinski definition) is 2. The Bertz CT molecular complexity index is 800. The molecule has 1 aromatic carbocycles. The predicted octanol–water partition coefficient (Wildman–Crippen LogP) is 4.08. The van der Waals surface area contributed by atoms with Gasteiger partial charge in [0.05, 0.1) is 11.1 Å². The van der Waals surface area contributed by atoms with Crippen LogP contribution in [0.2, 0.25) is 5.02 Å². The third-order valence-corrected chi connectivity index (χ3v) is 4.84. The number of halogens is 2. The van der Waals surface area contributed by atoms with Crippen LogP contribution in [0.3, 0.4) is 0 Å². The zero-order chi connectivity index (χ0) is 19.9. The number of anilines is 1. The van der Waals surface area contributed by atoms with Crippen LogP contribution in [0.4, 0.5) is 5.82 Å². The Morgan fingerprint density at radius 2 is 2.07 bits per heavy atom. The van der Waals surface area contributed by atoms with E-state index in [1.54, 1.807) is 13.2 Å². The van der Waals surface area contributed by atoms with Gasteiger partial charge in [0.1, 0.15) is 11.6 Å². The molecule has 29 heavy (non-hydrogen) atoms. The first-order chi connectivity index (χ1) is 13.5. The van der Waals surface area contributed by atoms with Gasteiger partial charge in [-0.3, -0.25) is 4.99 Å². The summed E-state index contributed by atoms with van der Waals surface area (Å²) in [5.41, 5.74) is 1.17. The van der Waals surface area contributed by atoms with Gasteiger partial charge in [0.25, 0.3) is 0 Å². The monoisotopic (exact) mass is 529 g/mol. The van der Waals surface area contributed by atoms with Crippen molar-refractivity contribution in [1.82, 2.24) is 15.6 Å². The normalized spacial score (nSPS) is 16.5. The van der Waals surface area contributed by atoms with E-state index < -0.39 is 0 Å². The van der Waals surface area contributed by atoms with E-state index in [2.05, 4.69) is 37.6 Å². The number of nitrogens with zero attached hydrogens (tertiary/aromatic N) is 3. The van der Waals surface area contributed by atoms with Crippen LogP contribution in [0.15, 0.2) is 47.6 Å². The Morgan fingerprint density at radius 3 is 2.72 bits per heavy atom. The van der Waals surface area contributed by atoms with Gasteiger partial charge < -0.3 is 20.3 Å². The highest BCUT2D eigenvalue weighted by molar-refractivity contribution is 14.0. The number of aliphatic imine (C=N–C) groups is 1. The van der Waals surface area contributed by atoms with Crippen LogP contribution in [0, 0.1) is 0 Å². The molecule has 0 amide bonds. The lowest BCUT2D eigenvalue weighted by Crippen LogP contribution is -2.44. The van der Waals surface area contributed by atoms with Crippen molar-refractivity contribution in [2.45, 2.75) is 39.0 Å². The van der Waals surface area contributed by atoms with E-state index in [0.29, 0.717) is 17.6 Å². The highest BCUT2D eigenvalue weighted by atomic mass is 127. The minimum Gasteiger partial charge on any atom is -0.491 e. The minimum atomic E-state index is 0. The molecule has 1 fully saturated rings. The molecule has 2 heterocycles. The first-order valence-electron chi connectivity index (χ1n) is 9.63. The average molecular weight is 530 g/mol. The summed E-state index contributed by atoms with van der Waals surface area (Å²) in [6.45, 7) is 6.51. The fraction of sp³-hybridized carbons (Fsp3) is 0.429. The van der Waals surface area contributed by atoms with Crippen LogP contribution in [0.5, 0.6) is 5.75 Å². The molecule has 1 aromatic heterocycles. The van der Waals surface area contributed by atoms with Gasteiger partial charge in [0.15, 0.2) is 5.96 Å². The van der Waals surface area contributed by atoms with Gasteiger partial charge in [0, 0.05) is 38.9 Å². The first kappa shape index (κ1) is 23.5. The van der Waals surface area contributed by atoms with E-state index in [1.165, 1.54) is 5.56 Å². The van der Waals surface area contributed by atoms with Crippen LogP contribution in [-0.4, -0.2) is 43.2 Å². The Balaban J connectivity index is 0.00000300. The molecule has 0 spiro atoms. The highest BCUT2D eigenvalue weighted by Gasteiger charge is 2.25. The van der Waals surface area contributed by atoms with Gasteiger partial charge in [-0.05, 0) is 50.1 Å². The Morgan fingerprint density at radius 1 is 1.31 bits per heavy atom. The molecule has 1 aliphatic heterocycles. The van der Waals surface area contributed by atoms with Crippen molar-refractivity contribution >= 4 is 47.4 Å². The van der Waals surface area contributed by atoms with Gasteiger partial charge in [-0.1, -0.05) is 23.7 Å². The molecule has 0 bridgehead atoms. The minimum absolute atomic E-state index is 0. The molecule has 1 unspecified atom stereocenters. The molecular weight excluding hydrogens is 501 g/mol. The number of guanidine groups is 1. The Labute approximate surface area is 195 Å². The SMILES string of the molecule is CN=C(NCc1ccc(OC(C)C)cc1)NC1CCN(c2ncccc2Cl)C1.I. The second-order valence-corrected chi connectivity index (χ2v) is 7.53. The summed E-state index contributed by atoms with van der Waals surface area (Å²) in [6, 6.07) is 12.2. The lowest BCUT2D eigenvalue weighted by Gasteiger charge is -2.20. The molecule has 6 nitrogen and oxygen atoms in total. The summed E-state index contributed by atoms with van der Waals surface area (Å²) in [5, 5.41) is 7.56. The van der Waals surface area contributed by atoms with E-state index in [4.69, 9.17) is 16.3 Å². The van der Waals surface area contributed by atoms with Gasteiger partial charge in [-0.15, -0.1) is 24.0 Å². The van der Waals surface area contributed by atoms with E-state index in [9.17, 15) is 0 Å². The van der Waals surface area contributed by atoms with E-state index in [1.807, 2.05) is 38.1 Å². The summed E-state index contributed by atoms with van der Waals surface area (Å²) in [6.07, 6.45) is 2.97. The van der Waals surface area contributed by atoms with E-state index in [0.717, 1.165) is 37.0 Å². The number of pyridine rings is 1. The summed E-state index contributed by atoms with van der Waals surface area (Å²) >= 11 is 6.27. The second-order valence-electron chi connectivity index (χ2n) is 7.12. The Hall–Kier alpha value is -1.74. The molecule has 2 aromatic rings. The number of nitrogens with one attached hydrogen (secondary N) is 2. The molecule has 0 aliphatic carbocycles. The van der Waals surface area contributed by atoms with Gasteiger partial charge in [0.2, 0.25) is 0 Å². The summed E-state index contributed by atoms with van der Waals surface area (Å²) < 4.78 is 5.68. The number of hydrogen-bond acceptors (Lipinski definition) is 4. The first-order valence-corrected chi connectivity index (χ1v) is 10.0. The van der Waals surface area contributed by atoms with Crippen LogP contribution >= 0.6 is 35.6 Å². The van der Waals surface area contributed by atoms with Gasteiger partial charge in [-0.2, -0.15) is 0 Å². The van der Waals surface area contributed by atoms with Crippen LogP contribution < -0.4 is 20.3 Å². The molecule has 8 heteroatoms. The van der Waals surface area contributed by atoms with Crippen molar-refractivity contribution in [3.8, 4) is 5.75 Å². The van der Waals surface area contributed by atoms with Crippen LogP contribution in [0.1, 0.15) is 25.8 Å². The maximum absolute atomic E-state index is 6.27. The number of ether oxygens (including phenoxy) is 1. The average Bonchev–Trinajstić information content (AvgIpc) is 3.14. The molecule has 3 rings (SSSR count). The fourth-order valence-corrected chi connectivity index (χ4v) is 3.45. The molecule has 1 aliphatic rings. The highest BCUT2D eigenvalue weighted by Crippen LogP contribution is 2.25. The van der Waals surface area contributed by atoms with Crippen molar-refractivity contribution in [2.75, 3.05) is 25.0 Å². The maximum atomic E-state index is 6.27. The van der Waals surface area contributed by atoms with Crippen molar-refractivity contribution in [3.05, 3.63) is 53.2 Å². The lowest BCUT2D eigenvalue weighted by molar-refractivity contribution is 0.242.